The average molecular weight is 284 g/mol. The Labute approximate surface area is 115 Å². The van der Waals surface area contributed by atoms with Crippen molar-refractivity contribution in [2.24, 2.45) is 11.8 Å². The van der Waals surface area contributed by atoms with Gasteiger partial charge in [0, 0.05) is 16.7 Å². The lowest BCUT2D eigenvalue weighted by Gasteiger charge is -2.25. The highest BCUT2D eigenvalue weighted by molar-refractivity contribution is 8.00. The molecule has 3 rings (SSSR count). The van der Waals surface area contributed by atoms with Gasteiger partial charge < -0.3 is 0 Å². The van der Waals surface area contributed by atoms with Crippen molar-refractivity contribution < 1.29 is 4.92 Å². The van der Waals surface area contributed by atoms with E-state index in [0.717, 1.165) is 4.90 Å². The Kier molecular flexibility index (Phi) is 3.24. The van der Waals surface area contributed by atoms with Crippen LogP contribution in [0, 0.1) is 22.0 Å². The van der Waals surface area contributed by atoms with Gasteiger partial charge in [-0.3, -0.25) is 10.1 Å². The molecule has 0 saturated heterocycles. The molecule has 96 valence electrons. The molecule has 2 bridgehead atoms. The van der Waals surface area contributed by atoms with E-state index in [1.165, 1.54) is 19.3 Å². The van der Waals surface area contributed by atoms with Crippen LogP contribution >= 0.6 is 23.4 Å². The maximum absolute atomic E-state index is 11.0. The minimum atomic E-state index is -0.307. The number of nitro benzene ring substituents is 1. The van der Waals surface area contributed by atoms with E-state index in [1.54, 1.807) is 23.9 Å². The number of thioether (sulfide) groups is 1. The third-order valence-electron chi connectivity index (χ3n) is 4.07. The van der Waals surface area contributed by atoms with E-state index in [4.69, 9.17) is 11.6 Å². The van der Waals surface area contributed by atoms with Gasteiger partial charge in [0.2, 0.25) is 0 Å². The van der Waals surface area contributed by atoms with Crippen molar-refractivity contribution in [1.29, 1.82) is 0 Å². The zero-order chi connectivity index (χ0) is 12.7. The van der Waals surface area contributed by atoms with Gasteiger partial charge in [0.15, 0.2) is 0 Å². The van der Waals surface area contributed by atoms with Crippen LogP contribution in [-0.2, 0) is 0 Å². The van der Waals surface area contributed by atoms with Gasteiger partial charge in [0.25, 0.3) is 5.69 Å². The largest absolute Gasteiger partial charge is 0.282 e. The summed E-state index contributed by atoms with van der Waals surface area (Å²) >= 11 is 8.07. The van der Waals surface area contributed by atoms with Crippen LogP contribution in [0.4, 0.5) is 5.69 Å². The van der Waals surface area contributed by atoms with Gasteiger partial charge in [0.05, 0.1) is 9.82 Å². The lowest BCUT2D eigenvalue weighted by Crippen LogP contribution is -2.25. The molecule has 0 radical (unpaired) electrons. The van der Waals surface area contributed by atoms with Gasteiger partial charge in [-0.1, -0.05) is 12.1 Å². The summed E-state index contributed by atoms with van der Waals surface area (Å²) < 4.78 is 0. The molecule has 2 fully saturated rings. The van der Waals surface area contributed by atoms with Crippen molar-refractivity contribution in [1.82, 2.24) is 0 Å². The summed E-state index contributed by atoms with van der Waals surface area (Å²) in [5.74, 6) is 1.26. The fourth-order valence-electron chi connectivity index (χ4n) is 3.18. The van der Waals surface area contributed by atoms with Crippen LogP contribution in [0.15, 0.2) is 29.2 Å². The van der Waals surface area contributed by atoms with Crippen LogP contribution in [0.3, 0.4) is 0 Å². The predicted octanol–water partition coefficient (Wildman–Crippen LogP) is 4.09. The van der Waals surface area contributed by atoms with Crippen LogP contribution in [0.5, 0.6) is 0 Å². The van der Waals surface area contributed by atoms with E-state index in [0.29, 0.717) is 17.1 Å². The van der Waals surface area contributed by atoms with Crippen molar-refractivity contribution in [3.8, 4) is 0 Å². The summed E-state index contributed by atoms with van der Waals surface area (Å²) in [7, 11) is 0. The molecule has 1 aromatic carbocycles. The molecule has 0 aromatic heterocycles. The molecule has 18 heavy (non-hydrogen) atoms. The molecule has 2 aliphatic rings. The smallest absolute Gasteiger partial charge is 0.258 e. The number of nitrogens with zero attached hydrogens (tertiary/aromatic N) is 1. The summed E-state index contributed by atoms with van der Waals surface area (Å²) in [5.41, 5.74) is 0.203. The van der Waals surface area contributed by atoms with Crippen molar-refractivity contribution in [2.75, 3.05) is 0 Å². The topological polar surface area (TPSA) is 43.1 Å². The average Bonchev–Trinajstić information content (AvgIpc) is 2.93. The fourth-order valence-corrected chi connectivity index (χ4v) is 5.28. The number of nitro groups is 1. The van der Waals surface area contributed by atoms with Gasteiger partial charge in [-0.05, 0) is 37.2 Å². The van der Waals surface area contributed by atoms with Crippen LogP contribution in [-0.4, -0.2) is 15.6 Å². The summed E-state index contributed by atoms with van der Waals surface area (Å²) in [6, 6.07) is 6.96. The van der Waals surface area contributed by atoms with E-state index < -0.39 is 0 Å². The number of halogens is 1. The Morgan fingerprint density at radius 2 is 2.00 bits per heavy atom. The molecular weight excluding hydrogens is 270 g/mol. The molecule has 3 nitrogen and oxygen atoms in total. The van der Waals surface area contributed by atoms with Gasteiger partial charge in [-0.15, -0.1) is 23.4 Å². The minimum Gasteiger partial charge on any atom is -0.258 e. The normalized spacial score (nSPS) is 33.8. The molecule has 2 saturated carbocycles. The lowest BCUT2D eigenvalue weighted by molar-refractivity contribution is -0.387. The number of rotatable bonds is 3. The van der Waals surface area contributed by atoms with Crippen LogP contribution in [0.25, 0.3) is 0 Å². The second kappa shape index (κ2) is 4.74. The molecule has 2 aliphatic carbocycles. The number of benzene rings is 1. The van der Waals surface area contributed by atoms with Crippen LogP contribution in [0.2, 0.25) is 0 Å². The highest BCUT2D eigenvalue weighted by Crippen LogP contribution is 2.54. The third kappa shape index (κ3) is 2.01. The molecule has 0 aliphatic heterocycles. The standard InChI is InChI=1S/C13H14ClNO2S/c14-12-8-5-6-9(7-8)13(12)18-11-4-2-1-3-10(11)15(16)17/h1-4,8-9,12-13H,5-7H2/t8-,9-,12+,13+/m1/s1. The van der Waals surface area contributed by atoms with E-state index in [-0.39, 0.29) is 16.0 Å². The van der Waals surface area contributed by atoms with E-state index in [1.807, 2.05) is 12.1 Å². The van der Waals surface area contributed by atoms with Gasteiger partial charge in [-0.25, -0.2) is 0 Å². The second-order valence-electron chi connectivity index (χ2n) is 5.08. The third-order valence-corrected chi connectivity index (χ3v) is 6.39. The van der Waals surface area contributed by atoms with Gasteiger partial charge in [0.1, 0.15) is 0 Å². The van der Waals surface area contributed by atoms with E-state index in [9.17, 15) is 10.1 Å². The van der Waals surface area contributed by atoms with Crippen LogP contribution < -0.4 is 0 Å². The maximum atomic E-state index is 11.0. The summed E-state index contributed by atoms with van der Waals surface area (Å²) in [6.45, 7) is 0. The van der Waals surface area contributed by atoms with E-state index >= 15 is 0 Å². The molecular formula is C13H14ClNO2S. The first-order valence-electron chi connectivity index (χ1n) is 6.21. The summed E-state index contributed by atoms with van der Waals surface area (Å²) in [5, 5.41) is 11.5. The molecule has 5 heteroatoms. The number of alkyl halides is 1. The molecule has 1 aromatic rings. The van der Waals surface area contributed by atoms with Crippen molar-refractivity contribution in [3.05, 3.63) is 34.4 Å². The Balaban J connectivity index is 1.83. The number of hydrogen-bond acceptors (Lipinski definition) is 3. The molecule has 4 atom stereocenters. The molecule has 0 amide bonds. The van der Waals surface area contributed by atoms with Crippen molar-refractivity contribution >= 4 is 29.1 Å². The first-order chi connectivity index (χ1) is 8.66. The zero-order valence-corrected chi connectivity index (χ0v) is 11.4. The molecule has 0 N–H and O–H groups in total. The van der Waals surface area contributed by atoms with Crippen LogP contribution in [0.1, 0.15) is 19.3 Å². The molecule has 0 heterocycles. The highest BCUT2D eigenvalue weighted by Gasteiger charge is 2.47. The number of para-hydroxylation sites is 1. The Hall–Kier alpha value is -0.740. The zero-order valence-electron chi connectivity index (χ0n) is 9.79. The Morgan fingerprint density at radius 3 is 2.67 bits per heavy atom. The van der Waals surface area contributed by atoms with Gasteiger partial charge >= 0.3 is 0 Å². The first-order valence-corrected chi connectivity index (χ1v) is 7.52. The van der Waals surface area contributed by atoms with Crippen molar-refractivity contribution in [3.63, 3.8) is 0 Å². The molecule has 0 unspecified atom stereocenters. The Morgan fingerprint density at radius 1 is 1.28 bits per heavy atom. The summed E-state index contributed by atoms with van der Waals surface area (Å²) in [6.07, 6.45) is 3.66. The second-order valence-corrected chi connectivity index (χ2v) is 6.81. The maximum Gasteiger partial charge on any atom is 0.282 e. The number of hydrogen-bond donors (Lipinski definition) is 0. The SMILES string of the molecule is O=[N+]([O-])c1ccccc1S[C@H]1[C@@H]2CC[C@H](C2)[C@@H]1Cl. The summed E-state index contributed by atoms with van der Waals surface area (Å²) in [4.78, 5) is 11.4. The molecule has 0 spiro atoms. The van der Waals surface area contributed by atoms with E-state index in [2.05, 4.69) is 0 Å². The monoisotopic (exact) mass is 283 g/mol. The Bertz CT molecular complexity index is 480. The first kappa shape index (κ1) is 12.3. The minimum absolute atomic E-state index is 0.175. The number of fused-ring (bicyclic) bond motifs is 2. The fraction of sp³-hybridized carbons (Fsp3) is 0.538. The van der Waals surface area contributed by atoms with Crippen molar-refractivity contribution in [2.45, 2.75) is 34.8 Å². The lowest BCUT2D eigenvalue weighted by atomic mass is 10.00. The van der Waals surface area contributed by atoms with Gasteiger partial charge in [-0.2, -0.15) is 0 Å². The quantitative estimate of drug-likeness (QED) is 0.477. The predicted molar refractivity (Wildman–Crippen MR) is 73.2 cm³/mol. The highest BCUT2D eigenvalue weighted by atomic mass is 35.5.